The van der Waals surface area contributed by atoms with Gasteiger partial charge in [0, 0.05) is 18.3 Å². The van der Waals surface area contributed by atoms with Gasteiger partial charge in [-0.15, -0.1) is 0 Å². The first-order valence-electron chi connectivity index (χ1n) is 8.08. The van der Waals surface area contributed by atoms with E-state index in [0.29, 0.717) is 29.8 Å². The van der Waals surface area contributed by atoms with Gasteiger partial charge in [0.25, 0.3) is 0 Å². The van der Waals surface area contributed by atoms with E-state index in [0.717, 1.165) is 44.9 Å². The third-order valence-electron chi connectivity index (χ3n) is 6.44. The first kappa shape index (κ1) is 12.6. The maximum absolute atomic E-state index is 12.3. The Hall–Kier alpha value is -1.18. The summed E-state index contributed by atoms with van der Waals surface area (Å²) in [5.41, 5.74) is 4.40. The molecule has 0 aliphatic heterocycles. The quantitative estimate of drug-likeness (QED) is 0.671. The lowest BCUT2D eigenvalue weighted by Gasteiger charge is -2.46. The fourth-order valence-corrected chi connectivity index (χ4v) is 5.30. The van der Waals surface area contributed by atoms with Crippen molar-refractivity contribution in [3.05, 3.63) is 22.8 Å². The summed E-state index contributed by atoms with van der Waals surface area (Å²) in [5, 5.41) is 0. The zero-order valence-corrected chi connectivity index (χ0v) is 12.2. The van der Waals surface area contributed by atoms with Gasteiger partial charge in [0.2, 0.25) is 0 Å². The van der Waals surface area contributed by atoms with Crippen molar-refractivity contribution in [2.45, 2.75) is 58.3 Å². The summed E-state index contributed by atoms with van der Waals surface area (Å²) < 4.78 is 0. The fraction of sp³-hybridized carbons (Fsp3) is 0.667. The molecule has 4 aliphatic carbocycles. The highest BCUT2D eigenvalue weighted by molar-refractivity contribution is 5.93. The summed E-state index contributed by atoms with van der Waals surface area (Å²) in [6, 6.07) is 0. The second-order valence-corrected chi connectivity index (χ2v) is 7.27. The highest BCUT2D eigenvalue weighted by atomic mass is 16.1. The Balaban J connectivity index is 1.76. The van der Waals surface area contributed by atoms with Crippen molar-refractivity contribution in [1.29, 1.82) is 0 Å². The molecule has 20 heavy (non-hydrogen) atoms. The molecule has 0 bridgehead atoms. The van der Waals surface area contributed by atoms with Gasteiger partial charge in [0.1, 0.15) is 5.78 Å². The van der Waals surface area contributed by atoms with Crippen molar-refractivity contribution in [2.75, 3.05) is 0 Å². The molecule has 0 amide bonds. The van der Waals surface area contributed by atoms with Crippen LogP contribution in [-0.2, 0) is 9.59 Å². The highest BCUT2D eigenvalue weighted by Crippen LogP contribution is 2.58. The molecular formula is C18H22O2. The summed E-state index contributed by atoms with van der Waals surface area (Å²) >= 11 is 0. The maximum atomic E-state index is 12.3. The molecule has 0 N–H and O–H groups in total. The summed E-state index contributed by atoms with van der Waals surface area (Å²) in [5.74, 6) is 2.01. The van der Waals surface area contributed by atoms with E-state index in [9.17, 15) is 9.59 Å². The van der Waals surface area contributed by atoms with Gasteiger partial charge in [-0.2, -0.15) is 0 Å². The van der Waals surface area contributed by atoms with Crippen molar-refractivity contribution in [3.8, 4) is 0 Å². The number of ketones is 2. The van der Waals surface area contributed by atoms with Crippen molar-refractivity contribution < 1.29 is 9.59 Å². The molecule has 0 aromatic rings. The number of carbonyl (C=O) groups excluding carboxylic acids is 2. The van der Waals surface area contributed by atoms with Crippen LogP contribution in [0.5, 0.6) is 0 Å². The van der Waals surface area contributed by atoms with Crippen LogP contribution in [-0.4, -0.2) is 11.6 Å². The molecule has 4 aliphatic rings. The SMILES string of the molecule is C[C@]12CCC3=C4CCC(=O)C=C4CC[C@@H]3[C@H]1CCC2=O. The number of allylic oxidation sites excluding steroid dienone is 4. The molecule has 0 radical (unpaired) electrons. The monoisotopic (exact) mass is 270 g/mol. The zero-order valence-electron chi connectivity index (χ0n) is 12.2. The van der Waals surface area contributed by atoms with E-state index >= 15 is 0 Å². The minimum absolute atomic E-state index is 0.0412. The molecule has 0 saturated heterocycles. The van der Waals surface area contributed by atoms with Gasteiger partial charge in [-0.3, -0.25) is 9.59 Å². The summed E-state index contributed by atoms with van der Waals surface area (Å²) in [6.45, 7) is 2.21. The fourth-order valence-electron chi connectivity index (χ4n) is 5.30. The molecular weight excluding hydrogens is 248 g/mol. The number of carbonyl (C=O) groups is 2. The highest BCUT2D eigenvalue weighted by Gasteiger charge is 2.53. The molecule has 0 heterocycles. The van der Waals surface area contributed by atoms with Crippen LogP contribution in [0.25, 0.3) is 0 Å². The predicted molar refractivity (Wildman–Crippen MR) is 77.1 cm³/mol. The first-order chi connectivity index (χ1) is 9.59. The average Bonchev–Trinajstić information content (AvgIpc) is 2.74. The predicted octanol–water partition coefficient (Wildman–Crippen LogP) is 3.76. The lowest BCUT2D eigenvalue weighted by Crippen LogP contribution is -2.40. The van der Waals surface area contributed by atoms with Crippen LogP contribution in [0.15, 0.2) is 22.8 Å². The molecule has 0 unspecified atom stereocenters. The van der Waals surface area contributed by atoms with Crippen LogP contribution in [0.4, 0.5) is 0 Å². The largest absolute Gasteiger partial charge is 0.299 e. The van der Waals surface area contributed by atoms with Gasteiger partial charge in [0.15, 0.2) is 5.78 Å². The molecule has 0 aromatic carbocycles. The van der Waals surface area contributed by atoms with E-state index in [-0.39, 0.29) is 5.41 Å². The average molecular weight is 270 g/mol. The zero-order chi connectivity index (χ0) is 13.9. The van der Waals surface area contributed by atoms with E-state index < -0.39 is 0 Å². The van der Waals surface area contributed by atoms with E-state index in [1.165, 1.54) is 11.1 Å². The lowest BCUT2D eigenvalue weighted by atomic mass is 9.57. The number of Topliss-reactive ketones (excluding diaryl/α,β-unsaturated/α-hetero) is 1. The Kier molecular flexibility index (Phi) is 2.61. The van der Waals surface area contributed by atoms with E-state index in [1.54, 1.807) is 5.57 Å². The Morgan fingerprint density at radius 3 is 2.75 bits per heavy atom. The van der Waals surface area contributed by atoms with Gasteiger partial charge in [-0.1, -0.05) is 12.5 Å². The van der Waals surface area contributed by atoms with E-state index in [1.807, 2.05) is 6.08 Å². The van der Waals surface area contributed by atoms with Crippen molar-refractivity contribution >= 4 is 11.6 Å². The van der Waals surface area contributed by atoms with Crippen LogP contribution in [0.3, 0.4) is 0 Å². The van der Waals surface area contributed by atoms with Gasteiger partial charge >= 0.3 is 0 Å². The Morgan fingerprint density at radius 1 is 1.05 bits per heavy atom. The van der Waals surface area contributed by atoms with Crippen LogP contribution in [0.1, 0.15) is 58.3 Å². The molecule has 106 valence electrons. The minimum Gasteiger partial charge on any atom is -0.299 e. The van der Waals surface area contributed by atoms with Gasteiger partial charge in [-0.25, -0.2) is 0 Å². The molecule has 0 spiro atoms. The van der Waals surface area contributed by atoms with Gasteiger partial charge in [-0.05, 0) is 67.6 Å². The van der Waals surface area contributed by atoms with Crippen molar-refractivity contribution in [3.63, 3.8) is 0 Å². The Bertz CT molecular complexity index is 566. The molecule has 2 fully saturated rings. The lowest BCUT2D eigenvalue weighted by molar-refractivity contribution is -0.128. The minimum atomic E-state index is -0.0412. The normalized spacial score (nSPS) is 40.1. The summed E-state index contributed by atoms with van der Waals surface area (Å²) in [4.78, 5) is 23.9. The molecule has 2 nitrogen and oxygen atoms in total. The van der Waals surface area contributed by atoms with E-state index in [4.69, 9.17) is 0 Å². The number of fused-ring (bicyclic) bond motifs is 4. The van der Waals surface area contributed by atoms with Crippen LogP contribution in [0.2, 0.25) is 0 Å². The number of hydrogen-bond donors (Lipinski definition) is 0. The molecule has 3 atom stereocenters. The summed E-state index contributed by atoms with van der Waals surface area (Å²) in [7, 11) is 0. The molecule has 0 aromatic heterocycles. The Labute approximate surface area is 120 Å². The second-order valence-electron chi connectivity index (χ2n) is 7.27. The van der Waals surface area contributed by atoms with Gasteiger partial charge in [0.05, 0.1) is 0 Å². The van der Waals surface area contributed by atoms with E-state index in [2.05, 4.69) is 6.92 Å². The standard InChI is InChI=1S/C18H22O2/c1-18-9-8-14-13-5-3-12(19)10-11(13)2-4-15(14)16(18)6-7-17(18)20/h10,15-16H,2-9H2,1H3/t15-,16+,18-/m0/s1. The van der Waals surface area contributed by atoms with Crippen molar-refractivity contribution in [2.24, 2.45) is 17.3 Å². The first-order valence-corrected chi connectivity index (χ1v) is 8.08. The van der Waals surface area contributed by atoms with Crippen LogP contribution < -0.4 is 0 Å². The topological polar surface area (TPSA) is 34.1 Å². The van der Waals surface area contributed by atoms with Crippen LogP contribution >= 0.6 is 0 Å². The number of hydrogen-bond acceptors (Lipinski definition) is 2. The second kappa shape index (κ2) is 4.16. The van der Waals surface area contributed by atoms with Crippen LogP contribution in [0, 0.1) is 17.3 Å². The number of rotatable bonds is 0. The summed E-state index contributed by atoms with van der Waals surface area (Å²) in [6.07, 6.45) is 9.76. The van der Waals surface area contributed by atoms with Crippen molar-refractivity contribution in [1.82, 2.24) is 0 Å². The maximum Gasteiger partial charge on any atom is 0.156 e. The molecule has 2 heteroatoms. The third kappa shape index (κ3) is 1.57. The van der Waals surface area contributed by atoms with Gasteiger partial charge < -0.3 is 0 Å². The molecule has 4 rings (SSSR count). The molecule has 2 saturated carbocycles. The smallest absolute Gasteiger partial charge is 0.156 e. The Morgan fingerprint density at radius 2 is 1.90 bits per heavy atom. The third-order valence-corrected chi connectivity index (χ3v) is 6.44.